The Kier molecular flexibility index (Phi) is 74.1. The molecule has 3 unspecified atom stereocenters. The first kappa shape index (κ1) is 101. The van der Waals surface area contributed by atoms with Gasteiger partial charge in [-0.1, -0.05) is 395 Å². The Balaban J connectivity index is 5.26. The average Bonchev–Trinajstić information content (AvgIpc) is 0.915. The van der Waals surface area contributed by atoms with Gasteiger partial charge >= 0.3 is 39.5 Å². The molecule has 0 aliphatic heterocycles. The van der Waals surface area contributed by atoms with Gasteiger partial charge in [0, 0.05) is 25.7 Å². The van der Waals surface area contributed by atoms with Crippen molar-refractivity contribution in [2.24, 2.45) is 11.8 Å². The van der Waals surface area contributed by atoms with Crippen molar-refractivity contribution in [1.82, 2.24) is 0 Å². The molecular formula is C84H164O17P2. The van der Waals surface area contributed by atoms with Crippen LogP contribution in [-0.4, -0.2) is 96.7 Å². The van der Waals surface area contributed by atoms with Crippen LogP contribution in [0.5, 0.6) is 0 Å². The molecule has 0 aliphatic carbocycles. The summed E-state index contributed by atoms with van der Waals surface area (Å²) in [5, 5.41) is 10.7. The van der Waals surface area contributed by atoms with E-state index < -0.39 is 97.5 Å². The number of esters is 4. The first-order valence-electron chi connectivity index (χ1n) is 43.5. The summed E-state index contributed by atoms with van der Waals surface area (Å²) in [5.41, 5.74) is 0. The zero-order valence-electron chi connectivity index (χ0n) is 67.6. The standard InChI is InChI=1S/C84H164O17P2/c1-7-10-12-14-16-18-20-22-24-26-27-29-31-33-38-42-50-56-62-68-83(88)100-79(72-94-81(86)66-60-54-48-41-37-32-30-28-25-23-21-19-17-15-13-11-8-2)74-98-102(90,91)96-70-78(85)71-97-103(92,93)99-75-80(73-95-82(87)67-61-55-49-45-44-47-53-59-65-77(6)9-3)101-84(89)69-63-57-51-43-39-35-34-36-40-46-52-58-64-76(4)5/h76-80,85H,7-75H2,1-6H3,(H,90,91)(H,92,93)/t77?,78-,79-,80-/m1/s1. The second-order valence-electron chi connectivity index (χ2n) is 30.9. The molecule has 0 radical (unpaired) electrons. The summed E-state index contributed by atoms with van der Waals surface area (Å²) in [6, 6.07) is 0. The van der Waals surface area contributed by atoms with Crippen LogP contribution in [0.4, 0.5) is 0 Å². The van der Waals surface area contributed by atoms with Crippen LogP contribution in [0.15, 0.2) is 0 Å². The van der Waals surface area contributed by atoms with Crippen molar-refractivity contribution in [2.75, 3.05) is 39.6 Å². The van der Waals surface area contributed by atoms with E-state index in [0.29, 0.717) is 25.7 Å². The molecule has 612 valence electrons. The quantitative estimate of drug-likeness (QED) is 0.0222. The molecule has 0 amide bonds. The molecule has 0 aromatic heterocycles. The van der Waals surface area contributed by atoms with Gasteiger partial charge in [0.1, 0.15) is 19.3 Å². The van der Waals surface area contributed by atoms with Crippen molar-refractivity contribution in [1.29, 1.82) is 0 Å². The van der Waals surface area contributed by atoms with Gasteiger partial charge in [0.05, 0.1) is 26.4 Å². The highest BCUT2D eigenvalue weighted by molar-refractivity contribution is 7.47. The van der Waals surface area contributed by atoms with E-state index in [1.165, 1.54) is 263 Å². The van der Waals surface area contributed by atoms with Crippen LogP contribution in [0.1, 0.15) is 446 Å². The van der Waals surface area contributed by atoms with Crippen LogP contribution in [-0.2, 0) is 65.4 Å². The molecule has 0 aromatic rings. The minimum atomic E-state index is -4.96. The van der Waals surface area contributed by atoms with Crippen LogP contribution >= 0.6 is 15.6 Å². The third-order valence-electron chi connectivity index (χ3n) is 20.1. The third-order valence-corrected chi connectivity index (χ3v) is 22.0. The van der Waals surface area contributed by atoms with Crippen molar-refractivity contribution in [3.05, 3.63) is 0 Å². The Morgan fingerprint density at radius 3 is 0.738 bits per heavy atom. The number of phosphoric ester groups is 2. The van der Waals surface area contributed by atoms with Gasteiger partial charge in [-0.3, -0.25) is 37.3 Å². The lowest BCUT2D eigenvalue weighted by Gasteiger charge is -2.21. The molecule has 0 saturated heterocycles. The largest absolute Gasteiger partial charge is 0.472 e. The second-order valence-corrected chi connectivity index (χ2v) is 33.8. The smallest absolute Gasteiger partial charge is 0.462 e. The van der Waals surface area contributed by atoms with Crippen molar-refractivity contribution in [3.63, 3.8) is 0 Å². The Labute approximate surface area is 632 Å². The molecule has 0 aromatic carbocycles. The first-order chi connectivity index (χ1) is 49.9. The molecule has 0 aliphatic rings. The highest BCUT2D eigenvalue weighted by atomic mass is 31.2. The van der Waals surface area contributed by atoms with Gasteiger partial charge in [0.25, 0.3) is 0 Å². The topological polar surface area (TPSA) is 237 Å². The molecule has 0 saturated carbocycles. The fourth-order valence-electron chi connectivity index (χ4n) is 13.0. The van der Waals surface area contributed by atoms with Gasteiger partial charge < -0.3 is 33.8 Å². The molecular weight excluding hydrogens is 1340 g/mol. The molecule has 103 heavy (non-hydrogen) atoms. The van der Waals surface area contributed by atoms with Crippen LogP contribution in [0, 0.1) is 11.8 Å². The van der Waals surface area contributed by atoms with Crippen LogP contribution in [0.25, 0.3) is 0 Å². The Hall–Kier alpha value is -1.94. The normalized spacial score (nSPS) is 14.1. The number of ether oxygens (including phenoxy) is 4. The van der Waals surface area contributed by atoms with Gasteiger partial charge in [-0.15, -0.1) is 0 Å². The summed E-state index contributed by atoms with van der Waals surface area (Å²) in [7, 11) is -9.93. The number of phosphoric acid groups is 2. The lowest BCUT2D eigenvalue weighted by atomic mass is 9.99. The number of carbonyl (C=O) groups excluding carboxylic acids is 4. The third kappa shape index (κ3) is 76.6. The summed E-state index contributed by atoms with van der Waals surface area (Å²) in [6.45, 7) is 9.67. The number of hydrogen-bond donors (Lipinski definition) is 3. The molecule has 0 heterocycles. The predicted octanol–water partition coefficient (Wildman–Crippen LogP) is 25.5. The first-order valence-corrected chi connectivity index (χ1v) is 46.5. The minimum Gasteiger partial charge on any atom is -0.462 e. The average molecular weight is 1510 g/mol. The minimum absolute atomic E-state index is 0.107. The number of carbonyl (C=O) groups is 4. The monoisotopic (exact) mass is 1510 g/mol. The van der Waals surface area contributed by atoms with Crippen LogP contribution in [0.2, 0.25) is 0 Å². The molecule has 0 rings (SSSR count). The van der Waals surface area contributed by atoms with E-state index in [4.69, 9.17) is 37.0 Å². The molecule has 17 nitrogen and oxygen atoms in total. The number of hydrogen-bond acceptors (Lipinski definition) is 15. The summed E-state index contributed by atoms with van der Waals surface area (Å²) in [6.07, 6.45) is 66.5. The van der Waals surface area contributed by atoms with E-state index in [-0.39, 0.29) is 25.7 Å². The van der Waals surface area contributed by atoms with Crippen molar-refractivity contribution in [2.45, 2.75) is 464 Å². The molecule has 0 fully saturated rings. The molecule has 3 N–H and O–H groups in total. The van der Waals surface area contributed by atoms with Gasteiger partial charge in [0.2, 0.25) is 0 Å². The number of aliphatic hydroxyl groups is 1. The second kappa shape index (κ2) is 75.5. The van der Waals surface area contributed by atoms with Gasteiger partial charge in [-0.05, 0) is 37.5 Å². The van der Waals surface area contributed by atoms with E-state index in [9.17, 15) is 43.2 Å². The Morgan fingerprint density at radius 2 is 0.495 bits per heavy atom. The lowest BCUT2D eigenvalue weighted by Crippen LogP contribution is -2.30. The molecule has 0 bridgehead atoms. The summed E-state index contributed by atoms with van der Waals surface area (Å²) >= 11 is 0. The maximum Gasteiger partial charge on any atom is 0.472 e. The van der Waals surface area contributed by atoms with E-state index in [1.54, 1.807) is 0 Å². The maximum absolute atomic E-state index is 13.1. The lowest BCUT2D eigenvalue weighted by molar-refractivity contribution is -0.161. The molecule has 0 spiro atoms. The summed E-state index contributed by atoms with van der Waals surface area (Å²) < 4.78 is 68.9. The van der Waals surface area contributed by atoms with Gasteiger partial charge in [0.15, 0.2) is 12.2 Å². The van der Waals surface area contributed by atoms with Gasteiger partial charge in [-0.25, -0.2) is 9.13 Å². The van der Waals surface area contributed by atoms with Crippen molar-refractivity contribution >= 4 is 39.5 Å². The van der Waals surface area contributed by atoms with Crippen molar-refractivity contribution < 1.29 is 80.2 Å². The molecule has 19 heteroatoms. The summed E-state index contributed by atoms with van der Waals surface area (Å²) in [4.78, 5) is 73.2. The van der Waals surface area contributed by atoms with Crippen molar-refractivity contribution in [3.8, 4) is 0 Å². The predicted molar refractivity (Wildman–Crippen MR) is 423 cm³/mol. The van der Waals surface area contributed by atoms with E-state index in [0.717, 1.165) is 102 Å². The van der Waals surface area contributed by atoms with E-state index in [1.807, 2.05) is 0 Å². The van der Waals surface area contributed by atoms with Crippen LogP contribution < -0.4 is 0 Å². The number of rotatable bonds is 83. The zero-order chi connectivity index (χ0) is 75.6. The number of unbranched alkanes of at least 4 members (excludes halogenated alkanes) is 52. The SMILES string of the molecule is CCCCCCCCCCCCCCCCCCCCCC(=O)O[C@H](COC(=O)CCCCCCCCCCCCCCCCCCC)COP(=O)(O)OC[C@@H](O)COP(=O)(O)OC[C@@H](COC(=O)CCCCCCCCCCC(C)CC)OC(=O)CCCCCCCCCCCCCCC(C)C. The van der Waals surface area contributed by atoms with Crippen LogP contribution in [0.3, 0.4) is 0 Å². The number of aliphatic hydroxyl groups excluding tert-OH is 1. The van der Waals surface area contributed by atoms with Gasteiger partial charge in [-0.2, -0.15) is 0 Å². The Bertz CT molecular complexity index is 1980. The zero-order valence-corrected chi connectivity index (χ0v) is 69.4. The Morgan fingerprint density at radius 1 is 0.282 bits per heavy atom. The van der Waals surface area contributed by atoms with E-state index in [2.05, 4.69) is 41.5 Å². The fraction of sp³-hybridized carbons (Fsp3) is 0.952. The molecule has 6 atom stereocenters. The van der Waals surface area contributed by atoms with E-state index >= 15 is 0 Å². The highest BCUT2D eigenvalue weighted by Crippen LogP contribution is 2.45. The fourth-order valence-corrected chi connectivity index (χ4v) is 14.6. The maximum atomic E-state index is 13.1. The highest BCUT2D eigenvalue weighted by Gasteiger charge is 2.30. The summed E-state index contributed by atoms with van der Waals surface area (Å²) in [5.74, 6) is -0.550.